The summed E-state index contributed by atoms with van der Waals surface area (Å²) in [7, 11) is 0. The predicted molar refractivity (Wildman–Crippen MR) is 107 cm³/mol. The van der Waals surface area contributed by atoms with E-state index in [-0.39, 0.29) is 10.2 Å². The van der Waals surface area contributed by atoms with Gasteiger partial charge in [0.1, 0.15) is 4.32 Å². The van der Waals surface area contributed by atoms with Crippen molar-refractivity contribution < 1.29 is 14.7 Å². The van der Waals surface area contributed by atoms with E-state index in [0.29, 0.717) is 17.1 Å². The zero-order valence-corrected chi connectivity index (χ0v) is 16.4. The van der Waals surface area contributed by atoms with Crippen LogP contribution in [0.1, 0.15) is 18.9 Å². The highest BCUT2D eigenvalue weighted by molar-refractivity contribution is 8.26. The standard InChI is InChI=1S/C18H19NO3S3/c1-12(10-13-6-4-3-5-7-13)11-15-16(20)19(18(23)25-15)14(17(21)22)8-9-24-2/h3-7,10-11,14H,8-9H2,1-2H3,(H,21,22)/p-1/b12-10+,15-11+/t14-/m0/s1. The van der Waals surface area contributed by atoms with Gasteiger partial charge in [0.15, 0.2) is 0 Å². The summed E-state index contributed by atoms with van der Waals surface area (Å²) < 4.78 is 0.263. The molecule has 1 aromatic rings. The van der Waals surface area contributed by atoms with Crippen LogP contribution in [0.25, 0.3) is 6.08 Å². The van der Waals surface area contributed by atoms with Crippen LogP contribution in [0.5, 0.6) is 0 Å². The van der Waals surface area contributed by atoms with Gasteiger partial charge in [0.25, 0.3) is 5.91 Å². The number of hydrogen-bond donors (Lipinski definition) is 0. The van der Waals surface area contributed by atoms with Gasteiger partial charge >= 0.3 is 0 Å². The molecule has 25 heavy (non-hydrogen) atoms. The van der Waals surface area contributed by atoms with Crippen molar-refractivity contribution in [2.24, 2.45) is 0 Å². The quantitative estimate of drug-likeness (QED) is 0.525. The highest BCUT2D eigenvalue weighted by atomic mass is 32.2. The fourth-order valence-electron chi connectivity index (χ4n) is 2.39. The SMILES string of the molecule is CSCC[C@@H](C(=O)[O-])N1C(=O)/C(=C\C(C)=C\c2ccccc2)SC1=S. The number of carbonyl (C=O) groups is 2. The maximum absolute atomic E-state index is 12.6. The molecular weight excluding hydrogens is 374 g/mol. The number of rotatable bonds is 7. The lowest BCUT2D eigenvalue weighted by Gasteiger charge is -2.27. The van der Waals surface area contributed by atoms with Crippen molar-refractivity contribution in [3.63, 3.8) is 0 Å². The lowest BCUT2D eigenvalue weighted by atomic mass is 10.1. The first kappa shape index (κ1) is 19.8. The molecule has 0 unspecified atom stereocenters. The van der Waals surface area contributed by atoms with Crippen molar-refractivity contribution in [1.29, 1.82) is 0 Å². The van der Waals surface area contributed by atoms with E-state index in [1.54, 1.807) is 6.08 Å². The van der Waals surface area contributed by atoms with Crippen LogP contribution in [0.4, 0.5) is 0 Å². The number of thiocarbonyl (C=S) groups is 1. The van der Waals surface area contributed by atoms with E-state index in [4.69, 9.17) is 12.2 Å². The minimum atomic E-state index is -1.27. The van der Waals surface area contributed by atoms with Crippen LogP contribution in [0, 0.1) is 0 Å². The molecule has 4 nitrogen and oxygen atoms in total. The van der Waals surface area contributed by atoms with Crippen molar-refractivity contribution in [3.05, 3.63) is 52.4 Å². The van der Waals surface area contributed by atoms with Gasteiger partial charge in [-0.15, -0.1) is 0 Å². The van der Waals surface area contributed by atoms with Crippen molar-refractivity contribution in [1.82, 2.24) is 4.90 Å². The molecule has 1 heterocycles. The minimum absolute atomic E-state index is 0.263. The molecule has 2 rings (SSSR count). The topological polar surface area (TPSA) is 60.4 Å². The Morgan fingerprint density at radius 3 is 2.68 bits per heavy atom. The molecule has 0 aromatic heterocycles. The van der Waals surface area contributed by atoms with E-state index in [1.165, 1.54) is 16.7 Å². The fraction of sp³-hybridized carbons (Fsp3) is 0.278. The minimum Gasteiger partial charge on any atom is -0.548 e. The third-order valence-electron chi connectivity index (χ3n) is 3.56. The van der Waals surface area contributed by atoms with E-state index < -0.39 is 12.0 Å². The zero-order chi connectivity index (χ0) is 18.4. The maximum Gasteiger partial charge on any atom is 0.266 e. The average Bonchev–Trinajstić information content (AvgIpc) is 2.83. The summed E-state index contributed by atoms with van der Waals surface area (Å²) >= 11 is 7.88. The molecule has 7 heteroatoms. The first-order valence-electron chi connectivity index (χ1n) is 7.64. The Labute approximate surface area is 161 Å². The molecule has 0 saturated carbocycles. The summed E-state index contributed by atoms with van der Waals surface area (Å²) in [5, 5.41) is 11.4. The van der Waals surface area contributed by atoms with E-state index >= 15 is 0 Å². The van der Waals surface area contributed by atoms with E-state index in [2.05, 4.69) is 0 Å². The molecule has 132 valence electrons. The van der Waals surface area contributed by atoms with Crippen molar-refractivity contribution in [2.75, 3.05) is 12.0 Å². The molecule has 0 N–H and O–H groups in total. The molecule has 1 aliphatic heterocycles. The average molecular weight is 393 g/mol. The number of nitrogens with zero attached hydrogens (tertiary/aromatic N) is 1. The van der Waals surface area contributed by atoms with Crippen molar-refractivity contribution in [2.45, 2.75) is 19.4 Å². The number of thioether (sulfide) groups is 2. The number of hydrogen-bond acceptors (Lipinski definition) is 6. The van der Waals surface area contributed by atoms with Gasteiger partial charge in [0.2, 0.25) is 0 Å². The number of allylic oxidation sites excluding steroid dienone is 2. The van der Waals surface area contributed by atoms with E-state index in [0.717, 1.165) is 22.9 Å². The molecule has 1 saturated heterocycles. The third kappa shape index (κ3) is 5.20. The van der Waals surface area contributed by atoms with Gasteiger partial charge < -0.3 is 9.90 Å². The smallest absolute Gasteiger partial charge is 0.266 e. The van der Waals surface area contributed by atoms with Crippen LogP contribution >= 0.6 is 35.7 Å². The van der Waals surface area contributed by atoms with Gasteiger partial charge in [-0.2, -0.15) is 11.8 Å². The first-order valence-corrected chi connectivity index (χ1v) is 10.3. The second-order valence-electron chi connectivity index (χ2n) is 5.47. The number of aliphatic carboxylic acids is 1. The van der Waals surface area contributed by atoms with E-state index in [9.17, 15) is 14.7 Å². The summed E-state index contributed by atoms with van der Waals surface area (Å²) in [5.41, 5.74) is 1.92. The Morgan fingerprint density at radius 1 is 1.40 bits per heavy atom. The molecule has 0 aliphatic carbocycles. The Kier molecular flexibility index (Phi) is 7.28. The third-order valence-corrected chi connectivity index (χ3v) is 5.53. The molecular formula is C18H18NO3S3-. The van der Waals surface area contributed by atoms with Crippen LogP contribution in [-0.4, -0.2) is 39.1 Å². The monoisotopic (exact) mass is 392 g/mol. The largest absolute Gasteiger partial charge is 0.548 e. The summed E-state index contributed by atoms with van der Waals surface area (Å²) in [6.45, 7) is 1.89. The zero-order valence-electron chi connectivity index (χ0n) is 13.9. The van der Waals surface area contributed by atoms with Crippen LogP contribution in [0.2, 0.25) is 0 Å². The summed E-state index contributed by atoms with van der Waals surface area (Å²) in [6, 6.07) is 8.73. The highest BCUT2D eigenvalue weighted by Gasteiger charge is 2.37. The second kappa shape index (κ2) is 9.22. The fourth-order valence-corrected chi connectivity index (χ4v) is 4.26. The second-order valence-corrected chi connectivity index (χ2v) is 8.13. The summed E-state index contributed by atoms with van der Waals surface area (Å²) in [5.74, 6) is -1.03. The Balaban J connectivity index is 2.22. The number of benzene rings is 1. The van der Waals surface area contributed by atoms with Crippen LogP contribution in [0.3, 0.4) is 0 Å². The molecule has 0 radical (unpaired) electrons. The Hall–Kier alpha value is -1.57. The van der Waals surface area contributed by atoms with Crippen LogP contribution in [0.15, 0.2) is 46.9 Å². The predicted octanol–water partition coefficient (Wildman–Crippen LogP) is 2.71. The van der Waals surface area contributed by atoms with Crippen molar-refractivity contribution in [3.8, 4) is 0 Å². The van der Waals surface area contributed by atoms with Gasteiger partial charge in [-0.1, -0.05) is 60.4 Å². The molecule has 1 amide bonds. The van der Waals surface area contributed by atoms with Gasteiger partial charge in [-0.3, -0.25) is 9.69 Å². The Bertz CT molecular complexity index is 728. The Morgan fingerprint density at radius 2 is 2.08 bits per heavy atom. The normalized spacial score (nSPS) is 18.1. The van der Waals surface area contributed by atoms with Gasteiger partial charge in [0, 0.05) is 0 Å². The molecule has 1 aliphatic rings. The van der Waals surface area contributed by atoms with Crippen LogP contribution in [-0.2, 0) is 9.59 Å². The number of carbonyl (C=O) groups excluding carboxylic acids is 2. The lowest BCUT2D eigenvalue weighted by molar-refractivity contribution is -0.310. The summed E-state index contributed by atoms with van der Waals surface area (Å²) in [6.07, 6.45) is 5.89. The molecule has 0 spiro atoms. The van der Waals surface area contributed by atoms with Crippen molar-refractivity contribution >= 4 is 58.0 Å². The molecule has 0 bridgehead atoms. The maximum atomic E-state index is 12.6. The van der Waals surface area contributed by atoms with Crippen LogP contribution < -0.4 is 5.11 Å². The van der Waals surface area contributed by atoms with Gasteiger partial charge in [-0.25, -0.2) is 0 Å². The highest BCUT2D eigenvalue weighted by Crippen LogP contribution is 2.34. The summed E-state index contributed by atoms with van der Waals surface area (Å²) in [4.78, 5) is 25.7. The molecule has 1 aromatic carbocycles. The molecule has 1 fully saturated rings. The first-order chi connectivity index (χ1) is 11.9. The van der Waals surface area contributed by atoms with E-state index in [1.807, 2.05) is 49.6 Å². The van der Waals surface area contributed by atoms with Gasteiger partial charge in [0.05, 0.1) is 16.9 Å². The lowest BCUT2D eigenvalue weighted by Crippen LogP contribution is -2.50. The number of carboxylic acid groups (broad SMARTS) is 1. The molecule has 1 atom stereocenters. The number of amides is 1. The van der Waals surface area contributed by atoms with Gasteiger partial charge in [-0.05, 0) is 42.6 Å². The number of carboxylic acids is 1.